The molecule has 1 aromatic heterocycles. The van der Waals surface area contributed by atoms with Crippen LogP contribution in [0.15, 0.2) is 53.6 Å². The van der Waals surface area contributed by atoms with Gasteiger partial charge in [0, 0.05) is 16.0 Å². The maximum absolute atomic E-state index is 13.0. The number of fused-ring (bicyclic) bond motifs is 1. The molecule has 0 amide bonds. The second-order valence-electron chi connectivity index (χ2n) is 5.16. The van der Waals surface area contributed by atoms with Gasteiger partial charge in [-0.3, -0.25) is 0 Å². The van der Waals surface area contributed by atoms with Crippen LogP contribution in [0.4, 0.5) is 13.2 Å². The van der Waals surface area contributed by atoms with Gasteiger partial charge in [-0.25, -0.2) is 4.68 Å². The Labute approximate surface area is 139 Å². The van der Waals surface area contributed by atoms with Gasteiger partial charge in [0.05, 0.1) is 11.1 Å². The van der Waals surface area contributed by atoms with Crippen molar-refractivity contribution in [2.24, 2.45) is 10.9 Å². The third-order valence-corrected chi connectivity index (χ3v) is 3.88. The molecule has 0 saturated carbocycles. The van der Waals surface area contributed by atoms with Gasteiger partial charge >= 0.3 is 6.18 Å². The number of pyridine rings is 1. The lowest BCUT2D eigenvalue weighted by atomic mass is 10.0. The van der Waals surface area contributed by atoms with Crippen molar-refractivity contribution in [2.75, 3.05) is 5.84 Å². The van der Waals surface area contributed by atoms with E-state index in [4.69, 9.17) is 23.3 Å². The van der Waals surface area contributed by atoms with E-state index in [-0.39, 0.29) is 5.49 Å². The van der Waals surface area contributed by atoms with Gasteiger partial charge in [-0.2, -0.15) is 18.3 Å². The number of hydrogen-bond donors (Lipinski definition) is 2. The SMILES string of the molecule is N/N=c1/c(-c2cccc(C(F)(F)F)c2)cc2ccc(Cl)cc2n1N. The van der Waals surface area contributed by atoms with Gasteiger partial charge in [-0.15, -0.1) is 0 Å². The molecule has 4 N–H and O–H groups in total. The van der Waals surface area contributed by atoms with E-state index in [1.807, 2.05) is 0 Å². The summed E-state index contributed by atoms with van der Waals surface area (Å²) in [5, 5.41) is 4.80. The highest BCUT2D eigenvalue weighted by molar-refractivity contribution is 6.31. The third kappa shape index (κ3) is 2.78. The van der Waals surface area contributed by atoms with Crippen LogP contribution in [0, 0.1) is 0 Å². The smallest absolute Gasteiger partial charge is 0.337 e. The molecule has 8 heteroatoms. The molecule has 3 aromatic rings. The normalized spacial score (nSPS) is 12.8. The van der Waals surface area contributed by atoms with Crippen LogP contribution in [-0.4, -0.2) is 4.68 Å². The lowest BCUT2D eigenvalue weighted by Crippen LogP contribution is -2.31. The van der Waals surface area contributed by atoms with Gasteiger partial charge in [0.15, 0.2) is 5.49 Å². The Kier molecular flexibility index (Phi) is 3.88. The predicted molar refractivity (Wildman–Crippen MR) is 87.3 cm³/mol. The van der Waals surface area contributed by atoms with Crippen molar-refractivity contribution >= 4 is 22.5 Å². The Morgan fingerprint density at radius 3 is 2.46 bits per heavy atom. The highest BCUT2D eigenvalue weighted by atomic mass is 35.5. The molecule has 0 aliphatic rings. The molecule has 0 atom stereocenters. The zero-order chi connectivity index (χ0) is 17.5. The quantitative estimate of drug-likeness (QED) is 0.520. The molecule has 0 fully saturated rings. The van der Waals surface area contributed by atoms with Crippen LogP contribution in [0.1, 0.15) is 5.56 Å². The summed E-state index contributed by atoms with van der Waals surface area (Å²) >= 11 is 5.96. The number of halogens is 4. The van der Waals surface area contributed by atoms with E-state index < -0.39 is 11.7 Å². The van der Waals surface area contributed by atoms with Crippen molar-refractivity contribution in [1.29, 1.82) is 0 Å². The number of alkyl halides is 3. The van der Waals surface area contributed by atoms with Crippen molar-refractivity contribution in [3.63, 3.8) is 0 Å². The minimum absolute atomic E-state index is 0.143. The average molecular weight is 353 g/mol. The summed E-state index contributed by atoms with van der Waals surface area (Å²) < 4.78 is 40.1. The van der Waals surface area contributed by atoms with E-state index in [2.05, 4.69) is 5.10 Å². The number of hydrogen-bond acceptors (Lipinski definition) is 3. The van der Waals surface area contributed by atoms with E-state index in [1.165, 1.54) is 10.7 Å². The van der Waals surface area contributed by atoms with Crippen molar-refractivity contribution in [3.8, 4) is 11.1 Å². The molecule has 0 bridgehead atoms. The molecule has 0 aliphatic carbocycles. The van der Waals surface area contributed by atoms with Gasteiger partial charge in [-0.1, -0.05) is 29.8 Å². The van der Waals surface area contributed by atoms with Crippen molar-refractivity contribution in [1.82, 2.24) is 4.68 Å². The number of benzene rings is 2. The molecule has 1 heterocycles. The minimum Gasteiger partial charge on any atom is -0.337 e. The van der Waals surface area contributed by atoms with Crippen LogP contribution in [0.25, 0.3) is 22.0 Å². The second-order valence-corrected chi connectivity index (χ2v) is 5.60. The molecule has 124 valence electrons. The van der Waals surface area contributed by atoms with E-state index in [0.717, 1.165) is 12.1 Å². The van der Waals surface area contributed by atoms with Crippen LogP contribution in [0.5, 0.6) is 0 Å². The van der Waals surface area contributed by atoms with Crippen LogP contribution in [0.3, 0.4) is 0 Å². The van der Waals surface area contributed by atoms with E-state index in [0.29, 0.717) is 27.1 Å². The molecular weight excluding hydrogens is 341 g/mol. The molecule has 0 aliphatic heterocycles. The summed E-state index contributed by atoms with van der Waals surface area (Å²) in [7, 11) is 0. The largest absolute Gasteiger partial charge is 0.416 e. The topological polar surface area (TPSA) is 69.3 Å². The van der Waals surface area contributed by atoms with Gasteiger partial charge < -0.3 is 11.7 Å². The average Bonchev–Trinajstić information content (AvgIpc) is 2.54. The highest BCUT2D eigenvalue weighted by Gasteiger charge is 2.30. The fourth-order valence-corrected chi connectivity index (χ4v) is 2.68. The zero-order valence-electron chi connectivity index (χ0n) is 12.2. The predicted octanol–water partition coefficient (Wildman–Crippen LogP) is 3.47. The fraction of sp³-hybridized carbons (Fsp3) is 0.0625. The summed E-state index contributed by atoms with van der Waals surface area (Å²) in [5.41, 5.74) is 0.639. The first kappa shape index (κ1) is 16.2. The Morgan fingerprint density at radius 2 is 1.79 bits per heavy atom. The molecule has 0 saturated heterocycles. The molecule has 0 radical (unpaired) electrons. The van der Waals surface area contributed by atoms with Gasteiger partial charge in [0.25, 0.3) is 0 Å². The summed E-state index contributed by atoms with van der Waals surface area (Å²) in [6.45, 7) is 0. The number of rotatable bonds is 1. The van der Waals surface area contributed by atoms with Crippen LogP contribution >= 0.6 is 11.6 Å². The lowest BCUT2D eigenvalue weighted by molar-refractivity contribution is -0.137. The molecule has 0 spiro atoms. The van der Waals surface area contributed by atoms with Crippen molar-refractivity contribution in [3.05, 3.63) is 64.6 Å². The Hall–Kier alpha value is -2.67. The van der Waals surface area contributed by atoms with Crippen LogP contribution < -0.4 is 17.2 Å². The standard InChI is InChI=1S/C16H12ClF3N4/c17-12-5-4-10-7-13(15(23-21)24(22)14(10)8-12)9-2-1-3-11(6-9)16(18,19)20/h1-8H,21-22H2/b23-15-. The maximum Gasteiger partial charge on any atom is 0.416 e. The minimum atomic E-state index is -4.45. The summed E-state index contributed by atoms with van der Waals surface area (Å²) in [6.07, 6.45) is -4.45. The number of nitrogens with zero attached hydrogens (tertiary/aromatic N) is 2. The molecule has 24 heavy (non-hydrogen) atoms. The molecule has 3 rings (SSSR count). The molecule has 0 unspecified atom stereocenters. The second kappa shape index (κ2) is 5.76. The summed E-state index contributed by atoms with van der Waals surface area (Å²) in [4.78, 5) is 0. The monoisotopic (exact) mass is 352 g/mol. The number of aromatic nitrogens is 1. The first-order valence-corrected chi connectivity index (χ1v) is 7.21. The van der Waals surface area contributed by atoms with E-state index in [1.54, 1.807) is 30.3 Å². The van der Waals surface area contributed by atoms with E-state index in [9.17, 15) is 13.2 Å². The maximum atomic E-state index is 13.0. The van der Waals surface area contributed by atoms with Gasteiger partial charge in [0.1, 0.15) is 0 Å². The fourth-order valence-electron chi connectivity index (χ4n) is 2.52. The van der Waals surface area contributed by atoms with Crippen LogP contribution in [-0.2, 0) is 6.18 Å². The number of nitrogens with two attached hydrogens (primary N) is 2. The molecule has 4 nitrogen and oxygen atoms in total. The first-order chi connectivity index (χ1) is 11.3. The van der Waals surface area contributed by atoms with Crippen molar-refractivity contribution < 1.29 is 13.2 Å². The highest BCUT2D eigenvalue weighted by Crippen LogP contribution is 2.32. The zero-order valence-corrected chi connectivity index (χ0v) is 12.9. The van der Waals surface area contributed by atoms with Gasteiger partial charge in [0.2, 0.25) is 0 Å². The molecular formula is C16H12ClF3N4. The number of nitrogen functional groups attached to an aromatic ring is 1. The van der Waals surface area contributed by atoms with Gasteiger partial charge in [-0.05, 0) is 35.9 Å². The van der Waals surface area contributed by atoms with Crippen molar-refractivity contribution in [2.45, 2.75) is 6.18 Å². The molecule has 2 aromatic carbocycles. The summed E-state index contributed by atoms with van der Waals surface area (Å²) in [5.74, 6) is 11.4. The Balaban J connectivity index is 2.33. The first-order valence-electron chi connectivity index (χ1n) is 6.83. The Morgan fingerprint density at radius 1 is 1.04 bits per heavy atom. The van der Waals surface area contributed by atoms with Crippen LogP contribution in [0.2, 0.25) is 5.02 Å². The third-order valence-electron chi connectivity index (χ3n) is 3.64. The Bertz CT molecular complexity index is 993. The summed E-state index contributed by atoms with van der Waals surface area (Å²) in [6, 6.07) is 11.6. The van der Waals surface area contributed by atoms with E-state index >= 15 is 0 Å². The lowest BCUT2D eigenvalue weighted by Gasteiger charge is -2.13.